The van der Waals surface area contributed by atoms with Crippen LogP contribution in [0.1, 0.15) is 13.3 Å². The molecule has 2 aromatic rings. The van der Waals surface area contributed by atoms with E-state index in [4.69, 9.17) is 34.8 Å². The Bertz CT molecular complexity index is 650. The van der Waals surface area contributed by atoms with Crippen LogP contribution >= 0.6 is 34.8 Å². The van der Waals surface area contributed by atoms with Gasteiger partial charge in [0.25, 0.3) is 0 Å². The molecule has 0 spiro atoms. The standard InChI is InChI=1S/C14H13Cl3FN3/c1-2-6-19-13-9(16)7-10(17)14(21-13)20-11-5-3-4-8(15)12(11)18/h3-5,7H,2,6H2,1H3,(H2,19,20,21). The van der Waals surface area contributed by atoms with E-state index in [-0.39, 0.29) is 10.7 Å². The van der Waals surface area contributed by atoms with Gasteiger partial charge in [-0.1, -0.05) is 47.8 Å². The maximum Gasteiger partial charge on any atom is 0.165 e. The second-order valence-corrected chi connectivity index (χ2v) is 5.52. The zero-order valence-corrected chi connectivity index (χ0v) is 13.5. The number of aromatic nitrogens is 1. The first-order valence-corrected chi connectivity index (χ1v) is 7.47. The number of hydrogen-bond acceptors (Lipinski definition) is 3. The summed E-state index contributed by atoms with van der Waals surface area (Å²) in [5, 5.41) is 6.63. The molecular weight excluding hydrogens is 336 g/mol. The van der Waals surface area contributed by atoms with Gasteiger partial charge in [-0.2, -0.15) is 0 Å². The predicted octanol–water partition coefficient (Wildman–Crippen LogP) is 5.75. The summed E-state index contributed by atoms with van der Waals surface area (Å²) in [4.78, 5) is 4.28. The van der Waals surface area contributed by atoms with Crippen LogP contribution in [-0.4, -0.2) is 11.5 Å². The highest BCUT2D eigenvalue weighted by Gasteiger charge is 2.12. The first-order valence-electron chi connectivity index (χ1n) is 6.34. The van der Waals surface area contributed by atoms with Crippen LogP contribution in [0.25, 0.3) is 0 Å². The van der Waals surface area contributed by atoms with Crippen molar-refractivity contribution in [2.75, 3.05) is 17.2 Å². The molecule has 0 saturated heterocycles. The van der Waals surface area contributed by atoms with Crippen LogP contribution < -0.4 is 10.6 Å². The Balaban J connectivity index is 2.33. The first kappa shape index (κ1) is 16.1. The van der Waals surface area contributed by atoms with Crippen LogP contribution in [0.3, 0.4) is 0 Å². The summed E-state index contributed by atoms with van der Waals surface area (Å²) in [6.45, 7) is 2.75. The molecular formula is C14H13Cl3FN3. The molecule has 0 radical (unpaired) electrons. The molecule has 0 atom stereocenters. The van der Waals surface area contributed by atoms with Crippen LogP contribution in [0.15, 0.2) is 24.3 Å². The van der Waals surface area contributed by atoms with Crippen LogP contribution in [0, 0.1) is 5.82 Å². The summed E-state index contributed by atoms with van der Waals surface area (Å²) in [6, 6.07) is 6.20. The van der Waals surface area contributed by atoms with Gasteiger partial charge < -0.3 is 10.6 Å². The normalized spacial score (nSPS) is 10.5. The van der Waals surface area contributed by atoms with Gasteiger partial charge in [0, 0.05) is 6.54 Å². The van der Waals surface area contributed by atoms with Crippen molar-refractivity contribution in [3.05, 3.63) is 45.2 Å². The van der Waals surface area contributed by atoms with Crippen molar-refractivity contribution in [1.29, 1.82) is 0 Å². The van der Waals surface area contributed by atoms with Crippen molar-refractivity contribution in [2.45, 2.75) is 13.3 Å². The number of benzene rings is 1. The number of pyridine rings is 1. The van der Waals surface area contributed by atoms with Crippen LogP contribution in [-0.2, 0) is 0 Å². The zero-order chi connectivity index (χ0) is 15.4. The molecule has 0 saturated carbocycles. The number of halogens is 4. The Labute approximate surface area is 137 Å². The van der Waals surface area contributed by atoms with Crippen molar-refractivity contribution in [3.8, 4) is 0 Å². The number of rotatable bonds is 5. The van der Waals surface area contributed by atoms with Crippen molar-refractivity contribution in [2.24, 2.45) is 0 Å². The highest BCUT2D eigenvalue weighted by molar-refractivity contribution is 6.37. The molecule has 0 aliphatic heterocycles. The molecule has 3 nitrogen and oxygen atoms in total. The van der Waals surface area contributed by atoms with Gasteiger partial charge in [-0.25, -0.2) is 9.37 Å². The Kier molecular flexibility index (Phi) is 5.51. The monoisotopic (exact) mass is 347 g/mol. The molecule has 0 unspecified atom stereocenters. The van der Waals surface area contributed by atoms with Crippen molar-refractivity contribution in [1.82, 2.24) is 4.98 Å². The summed E-state index contributed by atoms with van der Waals surface area (Å²) in [7, 11) is 0. The van der Waals surface area contributed by atoms with E-state index in [1.54, 1.807) is 18.2 Å². The molecule has 1 aromatic heterocycles. The predicted molar refractivity (Wildman–Crippen MR) is 87.7 cm³/mol. The third-order valence-corrected chi connectivity index (χ3v) is 3.54. The Hall–Kier alpha value is -1.23. The lowest BCUT2D eigenvalue weighted by molar-refractivity contribution is 0.632. The van der Waals surface area contributed by atoms with Gasteiger partial charge in [-0.05, 0) is 24.6 Å². The fourth-order valence-electron chi connectivity index (χ4n) is 1.65. The molecule has 7 heteroatoms. The Morgan fingerprint density at radius 1 is 1.10 bits per heavy atom. The van der Waals surface area contributed by atoms with Gasteiger partial charge in [-0.3, -0.25) is 0 Å². The van der Waals surface area contributed by atoms with Gasteiger partial charge in [0.1, 0.15) is 5.82 Å². The molecule has 21 heavy (non-hydrogen) atoms. The summed E-state index contributed by atoms with van der Waals surface area (Å²) in [6.07, 6.45) is 0.923. The maximum atomic E-state index is 13.9. The lowest BCUT2D eigenvalue weighted by Gasteiger charge is -2.13. The van der Waals surface area contributed by atoms with Crippen molar-refractivity contribution in [3.63, 3.8) is 0 Å². The molecule has 0 fully saturated rings. The van der Waals surface area contributed by atoms with Gasteiger partial charge in [0.2, 0.25) is 0 Å². The van der Waals surface area contributed by atoms with Crippen molar-refractivity contribution < 1.29 is 4.39 Å². The van der Waals surface area contributed by atoms with E-state index < -0.39 is 5.82 Å². The molecule has 1 heterocycles. The van der Waals surface area contributed by atoms with Crippen LogP contribution in [0.2, 0.25) is 15.1 Å². The van der Waals surface area contributed by atoms with Crippen LogP contribution in [0.4, 0.5) is 21.7 Å². The summed E-state index contributed by atoms with van der Waals surface area (Å²) in [5.74, 6) is 0.240. The van der Waals surface area contributed by atoms with Gasteiger partial charge in [-0.15, -0.1) is 0 Å². The Morgan fingerprint density at radius 3 is 2.52 bits per heavy atom. The zero-order valence-electron chi connectivity index (χ0n) is 11.2. The second-order valence-electron chi connectivity index (χ2n) is 4.30. The van der Waals surface area contributed by atoms with Gasteiger partial charge in [0.15, 0.2) is 11.6 Å². The molecule has 0 bridgehead atoms. The van der Waals surface area contributed by atoms with E-state index in [0.29, 0.717) is 21.7 Å². The average molecular weight is 349 g/mol. The lowest BCUT2D eigenvalue weighted by atomic mass is 10.3. The Morgan fingerprint density at radius 2 is 1.81 bits per heavy atom. The molecule has 1 aromatic carbocycles. The second kappa shape index (κ2) is 7.16. The largest absolute Gasteiger partial charge is 0.369 e. The summed E-state index contributed by atoms with van der Waals surface area (Å²) >= 11 is 17.9. The minimum Gasteiger partial charge on any atom is -0.369 e. The minimum absolute atomic E-state index is 0.0226. The molecule has 112 valence electrons. The van der Waals surface area contributed by atoms with Gasteiger partial charge in [0.05, 0.1) is 20.8 Å². The SMILES string of the molecule is CCCNc1nc(Nc2cccc(Cl)c2F)c(Cl)cc1Cl. The number of anilines is 3. The van der Waals surface area contributed by atoms with Crippen molar-refractivity contribution >= 4 is 52.1 Å². The average Bonchev–Trinajstić information content (AvgIpc) is 2.45. The minimum atomic E-state index is -0.560. The lowest BCUT2D eigenvalue weighted by Crippen LogP contribution is -2.05. The van der Waals surface area contributed by atoms with Crippen LogP contribution in [0.5, 0.6) is 0 Å². The highest BCUT2D eigenvalue weighted by Crippen LogP contribution is 2.32. The number of nitrogens with one attached hydrogen (secondary N) is 2. The fourth-order valence-corrected chi connectivity index (χ4v) is 2.30. The first-order chi connectivity index (χ1) is 10.0. The number of nitrogens with zero attached hydrogens (tertiary/aromatic N) is 1. The van der Waals surface area contributed by atoms with E-state index in [2.05, 4.69) is 15.6 Å². The summed E-state index contributed by atoms with van der Waals surface area (Å²) < 4.78 is 13.9. The van der Waals surface area contributed by atoms with Gasteiger partial charge >= 0.3 is 0 Å². The maximum absolute atomic E-state index is 13.9. The summed E-state index contributed by atoms with van der Waals surface area (Å²) in [5.41, 5.74) is 0.195. The van der Waals surface area contributed by atoms with E-state index in [1.165, 1.54) is 6.07 Å². The fraction of sp³-hybridized carbons (Fsp3) is 0.214. The molecule has 0 aliphatic rings. The molecule has 0 amide bonds. The smallest absolute Gasteiger partial charge is 0.165 e. The number of hydrogen-bond donors (Lipinski definition) is 2. The topological polar surface area (TPSA) is 37.0 Å². The third kappa shape index (κ3) is 3.90. The molecule has 2 rings (SSSR count). The van der Waals surface area contributed by atoms with E-state index in [0.717, 1.165) is 13.0 Å². The molecule has 0 aliphatic carbocycles. The van der Waals surface area contributed by atoms with E-state index >= 15 is 0 Å². The van der Waals surface area contributed by atoms with E-state index in [9.17, 15) is 4.39 Å². The molecule has 2 N–H and O–H groups in total. The quantitative estimate of drug-likeness (QED) is 0.722. The third-order valence-electron chi connectivity index (χ3n) is 2.68. The van der Waals surface area contributed by atoms with E-state index in [1.807, 2.05) is 6.92 Å². The highest BCUT2D eigenvalue weighted by atomic mass is 35.5.